The van der Waals surface area contributed by atoms with Gasteiger partial charge in [0.25, 0.3) is 0 Å². The highest BCUT2D eigenvalue weighted by molar-refractivity contribution is 5.08. The van der Waals surface area contributed by atoms with Crippen molar-refractivity contribution < 1.29 is 14.6 Å². The summed E-state index contributed by atoms with van der Waals surface area (Å²) in [4.78, 5) is 0. The first kappa shape index (κ1) is 6.32. The van der Waals surface area contributed by atoms with Crippen LogP contribution in [0.2, 0.25) is 0 Å². The highest BCUT2D eigenvalue weighted by atomic mass is 16.3. The van der Waals surface area contributed by atoms with Gasteiger partial charge in [-0.25, -0.2) is 0 Å². The highest BCUT2D eigenvalue weighted by Gasteiger charge is 2.04. The minimum Gasteiger partial charge on any atom is -0.472 e. The second-order valence-electron chi connectivity index (χ2n) is 1.76. The van der Waals surface area contributed by atoms with E-state index in [0.29, 0.717) is 5.56 Å². The predicted molar refractivity (Wildman–Crippen MR) is 30.8 cm³/mol. The molecule has 0 spiro atoms. The molecule has 1 aromatic rings. The molecule has 0 aliphatic rings. The summed E-state index contributed by atoms with van der Waals surface area (Å²) in [5, 5.41) is 17.3. The quantitative estimate of drug-likeness (QED) is 0.602. The van der Waals surface area contributed by atoms with Crippen molar-refractivity contribution in [2.45, 2.75) is 6.10 Å². The SMILES string of the molecule is OCC(O)c1ccoc1. The third-order valence-electron chi connectivity index (χ3n) is 1.10. The third-order valence-corrected chi connectivity index (χ3v) is 1.10. The van der Waals surface area contributed by atoms with E-state index in [4.69, 9.17) is 10.2 Å². The van der Waals surface area contributed by atoms with Gasteiger partial charge in [-0.3, -0.25) is 0 Å². The first-order valence-electron chi connectivity index (χ1n) is 2.65. The smallest absolute Gasteiger partial charge is 0.105 e. The fraction of sp³-hybridized carbons (Fsp3) is 0.333. The Bertz CT molecular complexity index is 157. The van der Waals surface area contributed by atoms with Gasteiger partial charge in [0.15, 0.2) is 0 Å². The lowest BCUT2D eigenvalue weighted by molar-refractivity contribution is 0.0951. The molecule has 0 aromatic carbocycles. The van der Waals surface area contributed by atoms with Gasteiger partial charge in [-0.1, -0.05) is 0 Å². The molecule has 3 heteroatoms. The zero-order chi connectivity index (χ0) is 6.69. The standard InChI is InChI=1S/C6H8O3/c7-3-6(8)5-1-2-9-4-5/h1-2,4,6-8H,3H2. The van der Waals surface area contributed by atoms with Crippen LogP contribution in [0, 0.1) is 0 Å². The molecule has 2 N–H and O–H groups in total. The average Bonchev–Trinajstić information content (AvgIpc) is 2.37. The van der Waals surface area contributed by atoms with Crippen molar-refractivity contribution in [1.29, 1.82) is 0 Å². The molecule has 0 fully saturated rings. The van der Waals surface area contributed by atoms with Gasteiger partial charge in [0.2, 0.25) is 0 Å². The minimum absolute atomic E-state index is 0.264. The van der Waals surface area contributed by atoms with E-state index in [1.807, 2.05) is 0 Å². The molecule has 0 saturated heterocycles. The summed E-state index contributed by atoms with van der Waals surface area (Å²) in [5.74, 6) is 0. The molecule has 0 bridgehead atoms. The molecule has 9 heavy (non-hydrogen) atoms. The Morgan fingerprint density at radius 3 is 2.89 bits per heavy atom. The molecule has 1 unspecified atom stereocenters. The zero-order valence-electron chi connectivity index (χ0n) is 4.82. The molecular formula is C6H8O3. The molecule has 0 radical (unpaired) electrons. The van der Waals surface area contributed by atoms with Gasteiger partial charge in [-0.15, -0.1) is 0 Å². The summed E-state index contributed by atoms with van der Waals surface area (Å²) >= 11 is 0. The van der Waals surface area contributed by atoms with E-state index in [0.717, 1.165) is 0 Å². The Kier molecular flexibility index (Phi) is 1.87. The Morgan fingerprint density at radius 2 is 2.44 bits per heavy atom. The number of furan rings is 1. The lowest BCUT2D eigenvalue weighted by Gasteiger charge is -2.00. The zero-order valence-corrected chi connectivity index (χ0v) is 4.82. The number of hydrogen-bond acceptors (Lipinski definition) is 3. The monoisotopic (exact) mass is 128 g/mol. The topological polar surface area (TPSA) is 53.6 Å². The number of hydrogen-bond donors (Lipinski definition) is 2. The van der Waals surface area contributed by atoms with Crippen molar-refractivity contribution in [2.24, 2.45) is 0 Å². The fourth-order valence-corrected chi connectivity index (χ4v) is 0.570. The van der Waals surface area contributed by atoms with Crippen LogP contribution in [0.5, 0.6) is 0 Å². The number of aliphatic hydroxyl groups is 2. The van der Waals surface area contributed by atoms with Gasteiger partial charge in [0.1, 0.15) is 6.10 Å². The van der Waals surface area contributed by atoms with Crippen LogP contribution >= 0.6 is 0 Å². The molecule has 1 atom stereocenters. The van der Waals surface area contributed by atoms with E-state index < -0.39 is 6.10 Å². The van der Waals surface area contributed by atoms with Crippen LogP contribution in [-0.4, -0.2) is 16.8 Å². The van der Waals surface area contributed by atoms with Gasteiger partial charge in [0.05, 0.1) is 19.1 Å². The maximum Gasteiger partial charge on any atom is 0.105 e. The van der Waals surface area contributed by atoms with Crippen LogP contribution in [0.15, 0.2) is 23.0 Å². The lowest BCUT2D eigenvalue weighted by atomic mass is 10.2. The van der Waals surface area contributed by atoms with Crippen molar-refractivity contribution in [3.8, 4) is 0 Å². The van der Waals surface area contributed by atoms with E-state index in [2.05, 4.69) is 4.42 Å². The van der Waals surface area contributed by atoms with Crippen LogP contribution in [-0.2, 0) is 0 Å². The molecule has 1 aromatic heterocycles. The van der Waals surface area contributed by atoms with Crippen LogP contribution in [0.1, 0.15) is 11.7 Å². The van der Waals surface area contributed by atoms with E-state index in [1.54, 1.807) is 6.07 Å². The van der Waals surface area contributed by atoms with Gasteiger partial charge < -0.3 is 14.6 Å². The molecule has 0 amide bonds. The highest BCUT2D eigenvalue weighted by Crippen LogP contribution is 2.10. The summed E-state index contributed by atoms with van der Waals surface area (Å²) in [6.07, 6.45) is 2.05. The molecular weight excluding hydrogens is 120 g/mol. The van der Waals surface area contributed by atoms with E-state index in [9.17, 15) is 0 Å². The van der Waals surface area contributed by atoms with Crippen LogP contribution in [0.25, 0.3) is 0 Å². The van der Waals surface area contributed by atoms with Gasteiger partial charge in [-0.05, 0) is 6.07 Å². The van der Waals surface area contributed by atoms with E-state index >= 15 is 0 Å². The molecule has 3 nitrogen and oxygen atoms in total. The second kappa shape index (κ2) is 2.66. The molecule has 1 rings (SSSR count). The van der Waals surface area contributed by atoms with Crippen molar-refractivity contribution in [1.82, 2.24) is 0 Å². The summed E-state index contributed by atoms with van der Waals surface area (Å²) in [5.41, 5.74) is 0.609. The Balaban J connectivity index is 2.65. The second-order valence-corrected chi connectivity index (χ2v) is 1.76. The first-order chi connectivity index (χ1) is 4.34. The first-order valence-corrected chi connectivity index (χ1v) is 2.65. The van der Waals surface area contributed by atoms with Crippen molar-refractivity contribution in [2.75, 3.05) is 6.61 Å². The molecule has 1 heterocycles. The Morgan fingerprint density at radius 1 is 1.67 bits per heavy atom. The van der Waals surface area contributed by atoms with Crippen molar-refractivity contribution >= 4 is 0 Å². The average molecular weight is 128 g/mol. The molecule has 0 saturated carbocycles. The summed E-state index contributed by atoms with van der Waals surface area (Å²) in [6.45, 7) is -0.264. The maximum atomic E-state index is 8.91. The lowest BCUT2D eigenvalue weighted by Crippen LogP contribution is -1.99. The van der Waals surface area contributed by atoms with Crippen LogP contribution < -0.4 is 0 Å². The molecule has 0 aliphatic heterocycles. The van der Waals surface area contributed by atoms with Gasteiger partial charge in [-0.2, -0.15) is 0 Å². The molecule has 50 valence electrons. The van der Waals surface area contributed by atoms with Gasteiger partial charge >= 0.3 is 0 Å². The fourth-order valence-electron chi connectivity index (χ4n) is 0.570. The van der Waals surface area contributed by atoms with Crippen molar-refractivity contribution in [3.63, 3.8) is 0 Å². The van der Waals surface area contributed by atoms with Crippen LogP contribution in [0.4, 0.5) is 0 Å². The van der Waals surface area contributed by atoms with Crippen molar-refractivity contribution in [3.05, 3.63) is 24.2 Å². The van der Waals surface area contributed by atoms with Gasteiger partial charge in [0, 0.05) is 5.56 Å². The maximum absolute atomic E-state index is 8.91. The number of rotatable bonds is 2. The van der Waals surface area contributed by atoms with E-state index in [-0.39, 0.29) is 6.61 Å². The Labute approximate surface area is 52.5 Å². The Hall–Kier alpha value is -0.800. The van der Waals surface area contributed by atoms with Crippen LogP contribution in [0.3, 0.4) is 0 Å². The molecule has 0 aliphatic carbocycles. The number of aliphatic hydroxyl groups excluding tert-OH is 2. The predicted octanol–water partition coefficient (Wildman–Crippen LogP) is 0.305. The van der Waals surface area contributed by atoms with E-state index in [1.165, 1.54) is 12.5 Å². The summed E-state index contributed by atoms with van der Waals surface area (Å²) in [6, 6.07) is 1.61. The minimum atomic E-state index is -0.802. The normalized spacial score (nSPS) is 13.6. The largest absolute Gasteiger partial charge is 0.472 e. The summed E-state index contributed by atoms with van der Waals surface area (Å²) in [7, 11) is 0. The summed E-state index contributed by atoms with van der Waals surface area (Å²) < 4.78 is 4.67. The third kappa shape index (κ3) is 1.31.